The Kier molecular flexibility index (Phi) is 9.66. The molecule has 178 valence electrons. The van der Waals surface area contributed by atoms with Gasteiger partial charge < -0.3 is 13.9 Å². The molecule has 0 aromatic heterocycles. The first-order chi connectivity index (χ1) is 13.1. The maximum Gasteiger partial charge on any atom is 0.419 e. The number of imide groups is 1. The second-order valence-electron chi connectivity index (χ2n) is 12.4. The third-order valence-corrected chi connectivity index (χ3v) is 9.83. The predicted octanol–water partition coefficient (Wildman–Crippen LogP) is 6.99. The van der Waals surface area contributed by atoms with Crippen LogP contribution >= 0.6 is 0 Å². The number of hydrogen-bond donors (Lipinski definition) is 0. The minimum atomic E-state index is -1.80. The van der Waals surface area contributed by atoms with Crippen LogP contribution in [0.2, 0.25) is 18.1 Å². The van der Waals surface area contributed by atoms with E-state index < -0.39 is 31.7 Å². The summed E-state index contributed by atoms with van der Waals surface area (Å²) in [7, 11) is -1.80. The first-order valence-corrected chi connectivity index (χ1v) is 13.8. The summed E-state index contributed by atoms with van der Waals surface area (Å²) in [5.74, 6) is 0. The molecule has 0 aliphatic carbocycles. The van der Waals surface area contributed by atoms with Crippen molar-refractivity contribution in [3.05, 3.63) is 0 Å². The van der Waals surface area contributed by atoms with Crippen LogP contribution in [0.3, 0.4) is 0 Å². The lowest BCUT2D eigenvalue weighted by Gasteiger charge is -2.37. The molecule has 0 spiro atoms. The van der Waals surface area contributed by atoms with E-state index in [1.807, 2.05) is 0 Å². The second kappa shape index (κ2) is 10.0. The van der Waals surface area contributed by atoms with Crippen LogP contribution in [0.15, 0.2) is 0 Å². The van der Waals surface area contributed by atoms with Gasteiger partial charge in [-0.05, 0) is 77.9 Å². The van der Waals surface area contributed by atoms with E-state index in [2.05, 4.69) is 47.7 Å². The number of carbonyl (C=O) groups is 2. The first kappa shape index (κ1) is 28.9. The van der Waals surface area contributed by atoms with Crippen LogP contribution in [0.5, 0.6) is 0 Å². The molecule has 0 aliphatic rings. The molecule has 0 heterocycles. The topological polar surface area (TPSA) is 65.1 Å². The van der Waals surface area contributed by atoms with Crippen LogP contribution in [0.25, 0.3) is 0 Å². The maximum atomic E-state index is 12.6. The molecule has 7 heteroatoms. The van der Waals surface area contributed by atoms with Crippen LogP contribution < -0.4 is 0 Å². The number of ether oxygens (including phenoxy) is 2. The zero-order chi connectivity index (χ0) is 24.2. The van der Waals surface area contributed by atoms with Crippen molar-refractivity contribution < 1.29 is 23.5 Å². The van der Waals surface area contributed by atoms with Crippen LogP contribution in [0.4, 0.5) is 9.59 Å². The normalized spacial score (nSPS) is 13.8. The molecule has 0 aromatic carbocycles. The lowest BCUT2D eigenvalue weighted by Crippen LogP contribution is -2.45. The van der Waals surface area contributed by atoms with Gasteiger partial charge in [-0.2, -0.15) is 0 Å². The Balaban J connectivity index is 5.10. The summed E-state index contributed by atoms with van der Waals surface area (Å²) in [5.41, 5.74) is -1.49. The molecular weight excluding hydrogens is 398 g/mol. The second-order valence-corrected chi connectivity index (χ2v) is 17.2. The van der Waals surface area contributed by atoms with Crippen molar-refractivity contribution in [1.82, 2.24) is 4.90 Å². The Morgan fingerprint density at radius 1 is 0.733 bits per heavy atom. The van der Waals surface area contributed by atoms with Gasteiger partial charge in [0.15, 0.2) is 8.32 Å². The minimum absolute atomic E-state index is 0.107. The number of hydrogen-bond acceptors (Lipinski definition) is 5. The molecule has 0 saturated heterocycles. The first-order valence-electron chi connectivity index (χ1n) is 10.9. The van der Waals surface area contributed by atoms with E-state index in [9.17, 15) is 9.59 Å². The van der Waals surface area contributed by atoms with Crippen molar-refractivity contribution >= 4 is 20.5 Å². The third kappa shape index (κ3) is 11.3. The van der Waals surface area contributed by atoms with Crippen LogP contribution in [-0.2, 0) is 13.9 Å². The van der Waals surface area contributed by atoms with Gasteiger partial charge in [-0.1, -0.05) is 34.6 Å². The third-order valence-electron chi connectivity index (χ3n) is 5.29. The van der Waals surface area contributed by atoms with Gasteiger partial charge in [0.2, 0.25) is 0 Å². The van der Waals surface area contributed by atoms with Gasteiger partial charge in [0.05, 0.1) is 0 Å². The minimum Gasteiger partial charge on any atom is -0.443 e. The fourth-order valence-corrected chi connectivity index (χ4v) is 3.28. The zero-order valence-corrected chi connectivity index (χ0v) is 22.8. The fourth-order valence-electron chi connectivity index (χ4n) is 2.23. The van der Waals surface area contributed by atoms with Gasteiger partial charge in [0.25, 0.3) is 0 Å². The molecule has 0 bridgehead atoms. The van der Waals surface area contributed by atoms with E-state index >= 15 is 0 Å². The number of carbonyl (C=O) groups excluding carboxylic acids is 2. The number of nitrogens with zero attached hydrogens (tertiary/aromatic N) is 1. The molecule has 2 amide bonds. The molecule has 30 heavy (non-hydrogen) atoms. The maximum absolute atomic E-state index is 12.6. The molecule has 0 aromatic rings. The molecule has 0 unspecified atom stereocenters. The van der Waals surface area contributed by atoms with Crippen LogP contribution in [-0.4, -0.2) is 49.8 Å². The zero-order valence-electron chi connectivity index (χ0n) is 21.8. The molecule has 0 aliphatic heterocycles. The highest BCUT2D eigenvalue weighted by Gasteiger charge is 2.38. The van der Waals surface area contributed by atoms with E-state index in [-0.39, 0.29) is 17.0 Å². The summed E-state index contributed by atoms with van der Waals surface area (Å²) in [6.07, 6.45) is 0.123. The van der Waals surface area contributed by atoms with Gasteiger partial charge >= 0.3 is 12.2 Å². The van der Waals surface area contributed by atoms with Gasteiger partial charge in [-0.15, -0.1) is 0 Å². The van der Waals surface area contributed by atoms with Crippen LogP contribution in [0, 0.1) is 5.41 Å². The lowest BCUT2D eigenvalue weighted by atomic mass is 9.86. The molecular formula is C23H47NO5Si. The van der Waals surface area contributed by atoms with E-state index in [1.54, 1.807) is 41.5 Å². The largest absolute Gasteiger partial charge is 0.443 e. The molecule has 0 saturated carbocycles. The van der Waals surface area contributed by atoms with E-state index in [0.29, 0.717) is 13.0 Å². The SMILES string of the molecule is CC(C)(CCO[Si](C)(C)C(C)(C)C)CCN(C(=O)OC(C)(C)C)C(=O)OC(C)(C)C. The molecule has 0 radical (unpaired) electrons. The molecule has 0 rings (SSSR count). The molecule has 0 fully saturated rings. The monoisotopic (exact) mass is 445 g/mol. The standard InChI is InChI=1S/C23H47NO5Si/c1-20(2,3)28-18(25)24(19(26)29-21(4,5)6)16-14-23(10,11)15-17-27-30(12,13)22(7,8)9/h14-17H2,1-13H3. The summed E-state index contributed by atoms with van der Waals surface area (Å²) >= 11 is 0. The summed E-state index contributed by atoms with van der Waals surface area (Å²) in [5, 5.41) is 0.168. The number of rotatable bonds is 7. The summed E-state index contributed by atoms with van der Waals surface area (Å²) in [6, 6.07) is 0. The average molecular weight is 446 g/mol. The van der Waals surface area contributed by atoms with Crippen molar-refractivity contribution in [2.45, 2.75) is 118 Å². The average Bonchev–Trinajstić information content (AvgIpc) is 2.41. The van der Waals surface area contributed by atoms with Crippen molar-refractivity contribution in [3.63, 3.8) is 0 Å². The molecule has 0 N–H and O–H groups in total. The van der Waals surface area contributed by atoms with E-state index in [0.717, 1.165) is 11.3 Å². The summed E-state index contributed by atoms with van der Waals surface area (Å²) < 4.78 is 17.2. The Morgan fingerprint density at radius 3 is 1.47 bits per heavy atom. The molecule has 6 nitrogen and oxygen atoms in total. The lowest BCUT2D eigenvalue weighted by molar-refractivity contribution is -0.000604. The van der Waals surface area contributed by atoms with Gasteiger partial charge in [-0.25, -0.2) is 14.5 Å². The van der Waals surface area contributed by atoms with Gasteiger partial charge in [0.1, 0.15) is 11.2 Å². The fraction of sp³-hybridized carbons (Fsp3) is 0.913. The Hall–Kier alpha value is -1.08. The van der Waals surface area contributed by atoms with E-state index in [1.165, 1.54) is 0 Å². The summed E-state index contributed by atoms with van der Waals surface area (Å²) in [6.45, 7) is 27.0. The van der Waals surface area contributed by atoms with Gasteiger partial charge in [0, 0.05) is 13.2 Å². The quantitative estimate of drug-likeness (QED) is 0.395. The number of amides is 2. The van der Waals surface area contributed by atoms with Crippen molar-refractivity contribution in [3.8, 4) is 0 Å². The van der Waals surface area contributed by atoms with Crippen molar-refractivity contribution in [2.75, 3.05) is 13.2 Å². The smallest absolute Gasteiger partial charge is 0.419 e. The van der Waals surface area contributed by atoms with E-state index in [4.69, 9.17) is 13.9 Å². The van der Waals surface area contributed by atoms with Crippen molar-refractivity contribution in [2.24, 2.45) is 5.41 Å². The van der Waals surface area contributed by atoms with Crippen molar-refractivity contribution in [1.29, 1.82) is 0 Å². The highest BCUT2D eigenvalue weighted by atomic mass is 28.4. The Morgan fingerprint density at radius 2 is 1.13 bits per heavy atom. The Labute approximate surface area is 186 Å². The highest BCUT2D eigenvalue weighted by Crippen LogP contribution is 2.37. The molecule has 0 atom stereocenters. The van der Waals surface area contributed by atoms with Gasteiger partial charge in [-0.3, -0.25) is 0 Å². The highest BCUT2D eigenvalue weighted by molar-refractivity contribution is 6.74. The summed E-state index contributed by atoms with van der Waals surface area (Å²) in [4.78, 5) is 26.4. The Bertz CT molecular complexity index is 552. The van der Waals surface area contributed by atoms with Crippen LogP contribution in [0.1, 0.15) is 89.0 Å². The predicted molar refractivity (Wildman–Crippen MR) is 125 cm³/mol.